The highest BCUT2D eigenvalue weighted by Gasteiger charge is 2.52. The summed E-state index contributed by atoms with van der Waals surface area (Å²) in [4.78, 5) is 16.1. The van der Waals surface area contributed by atoms with Crippen LogP contribution in [0.3, 0.4) is 0 Å². The van der Waals surface area contributed by atoms with Crippen molar-refractivity contribution in [2.45, 2.75) is 24.6 Å². The molecular weight excluding hydrogens is 298 g/mol. The van der Waals surface area contributed by atoms with Gasteiger partial charge in [-0.25, -0.2) is 4.98 Å². The molecule has 1 aromatic heterocycles. The number of nitrogens with one attached hydrogen (secondary N) is 1. The standard InChI is InChI=1S/C12H14BrN3O2/c13-6-1-2-8(15-5-6)12(17)16-10-9(14)7-3-4-18-11(7)10/h1-2,5,7,9-11H,3-4,14H2,(H,16,17). The highest BCUT2D eigenvalue weighted by molar-refractivity contribution is 9.10. The number of hydrogen-bond donors (Lipinski definition) is 2. The van der Waals surface area contributed by atoms with Gasteiger partial charge in [0.2, 0.25) is 0 Å². The molecule has 2 heterocycles. The fourth-order valence-corrected chi connectivity index (χ4v) is 2.90. The predicted octanol–water partition coefficient (Wildman–Crippen LogP) is 0.689. The van der Waals surface area contributed by atoms with E-state index in [1.807, 2.05) is 0 Å². The molecule has 4 atom stereocenters. The summed E-state index contributed by atoms with van der Waals surface area (Å²) < 4.78 is 6.41. The van der Waals surface area contributed by atoms with Crippen LogP contribution in [0, 0.1) is 5.92 Å². The first-order valence-electron chi connectivity index (χ1n) is 5.96. The maximum Gasteiger partial charge on any atom is 0.270 e. The molecule has 1 aliphatic carbocycles. The van der Waals surface area contributed by atoms with E-state index in [1.54, 1.807) is 18.3 Å². The average Bonchev–Trinajstić information content (AvgIpc) is 2.81. The zero-order valence-corrected chi connectivity index (χ0v) is 11.3. The minimum absolute atomic E-state index is 0.00287. The predicted molar refractivity (Wildman–Crippen MR) is 69.0 cm³/mol. The van der Waals surface area contributed by atoms with Gasteiger partial charge in [-0.15, -0.1) is 0 Å². The Morgan fingerprint density at radius 3 is 3.11 bits per heavy atom. The van der Waals surface area contributed by atoms with Gasteiger partial charge in [0.1, 0.15) is 5.69 Å². The number of carbonyl (C=O) groups is 1. The number of nitrogens with zero attached hydrogens (tertiary/aromatic N) is 1. The van der Waals surface area contributed by atoms with Gasteiger partial charge >= 0.3 is 0 Å². The van der Waals surface area contributed by atoms with Crippen LogP contribution in [0.15, 0.2) is 22.8 Å². The maximum atomic E-state index is 12.0. The van der Waals surface area contributed by atoms with Gasteiger partial charge in [-0.3, -0.25) is 4.79 Å². The molecule has 6 heteroatoms. The van der Waals surface area contributed by atoms with Crippen LogP contribution in [0.4, 0.5) is 0 Å². The van der Waals surface area contributed by atoms with Gasteiger partial charge in [-0.05, 0) is 34.5 Å². The molecule has 0 bridgehead atoms. The van der Waals surface area contributed by atoms with Crippen LogP contribution in [0.2, 0.25) is 0 Å². The molecule has 4 unspecified atom stereocenters. The van der Waals surface area contributed by atoms with Crippen molar-refractivity contribution in [1.29, 1.82) is 0 Å². The molecular formula is C12H14BrN3O2. The number of pyridine rings is 1. The zero-order chi connectivity index (χ0) is 12.7. The Labute approximate surface area is 113 Å². The Morgan fingerprint density at radius 1 is 1.56 bits per heavy atom. The molecule has 1 saturated carbocycles. The molecule has 0 aromatic carbocycles. The summed E-state index contributed by atoms with van der Waals surface area (Å²) in [5.41, 5.74) is 6.43. The van der Waals surface area contributed by atoms with E-state index in [0.717, 1.165) is 17.5 Å². The number of fused-ring (bicyclic) bond motifs is 1. The van der Waals surface area contributed by atoms with Crippen molar-refractivity contribution in [3.63, 3.8) is 0 Å². The second-order valence-corrected chi connectivity index (χ2v) is 5.64. The third-order valence-corrected chi connectivity index (χ3v) is 4.17. The fraction of sp³-hybridized carbons (Fsp3) is 0.500. The van der Waals surface area contributed by atoms with E-state index < -0.39 is 0 Å². The molecule has 5 nitrogen and oxygen atoms in total. The highest BCUT2D eigenvalue weighted by Crippen LogP contribution is 2.37. The van der Waals surface area contributed by atoms with E-state index in [1.165, 1.54) is 0 Å². The first kappa shape index (κ1) is 12.1. The third kappa shape index (κ3) is 1.94. The second kappa shape index (κ2) is 4.60. The van der Waals surface area contributed by atoms with Crippen molar-refractivity contribution in [3.8, 4) is 0 Å². The summed E-state index contributed by atoms with van der Waals surface area (Å²) >= 11 is 3.28. The lowest BCUT2D eigenvalue weighted by molar-refractivity contribution is -0.0161. The molecule has 1 amide bonds. The Bertz CT molecular complexity index is 465. The number of rotatable bonds is 2. The summed E-state index contributed by atoms with van der Waals surface area (Å²) in [7, 11) is 0. The van der Waals surface area contributed by atoms with Crippen LogP contribution in [-0.4, -0.2) is 35.7 Å². The van der Waals surface area contributed by atoms with Crippen LogP contribution < -0.4 is 11.1 Å². The number of carbonyl (C=O) groups excluding carboxylic acids is 1. The minimum atomic E-state index is -0.197. The quantitative estimate of drug-likeness (QED) is 0.842. The lowest BCUT2D eigenvalue weighted by Crippen LogP contribution is -2.69. The summed E-state index contributed by atoms with van der Waals surface area (Å²) in [5.74, 6) is 0.199. The van der Waals surface area contributed by atoms with Crippen LogP contribution >= 0.6 is 15.9 Å². The van der Waals surface area contributed by atoms with Crippen molar-refractivity contribution in [1.82, 2.24) is 10.3 Å². The van der Waals surface area contributed by atoms with Crippen molar-refractivity contribution >= 4 is 21.8 Å². The SMILES string of the molecule is NC1C2CCOC2C1NC(=O)c1ccc(Br)cn1. The van der Waals surface area contributed by atoms with Gasteiger partial charge in [0.15, 0.2) is 0 Å². The largest absolute Gasteiger partial charge is 0.376 e. The van der Waals surface area contributed by atoms with Crippen LogP contribution in [0.1, 0.15) is 16.9 Å². The lowest BCUT2D eigenvalue weighted by atomic mass is 9.72. The summed E-state index contributed by atoms with van der Waals surface area (Å²) in [5, 5.41) is 2.91. The summed E-state index contributed by atoms with van der Waals surface area (Å²) in [6.07, 6.45) is 2.68. The molecule has 1 aromatic rings. The number of ether oxygens (including phenoxy) is 1. The fourth-order valence-electron chi connectivity index (χ4n) is 2.66. The number of aromatic nitrogens is 1. The maximum absolute atomic E-state index is 12.0. The average molecular weight is 312 g/mol. The van der Waals surface area contributed by atoms with Crippen LogP contribution in [-0.2, 0) is 4.74 Å². The van der Waals surface area contributed by atoms with Gasteiger partial charge in [-0.2, -0.15) is 0 Å². The second-order valence-electron chi connectivity index (χ2n) is 4.73. The minimum Gasteiger partial charge on any atom is -0.376 e. The zero-order valence-electron chi connectivity index (χ0n) is 9.67. The topological polar surface area (TPSA) is 77.2 Å². The van der Waals surface area contributed by atoms with Gasteiger partial charge in [-0.1, -0.05) is 0 Å². The molecule has 0 spiro atoms. The van der Waals surface area contributed by atoms with E-state index in [-0.39, 0.29) is 24.1 Å². The van der Waals surface area contributed by atoms with Crippen molar-refractivity contribution < 1.29 is 9.53 Å². The normalized spacial score (nSPS) is 33.7. The summed E-state index contributed by atoms with van der Waals surface area (Å²) in [6, 6.07) is 3.38. The van der Waals surface area contributed by atoms with E-state index in [0.29, 0.717) is 11.6 Å². The van der Waals surface area contributed by atoms with Crippen molar-refractivity contribution in [2.24, 2.45) is 11.7 Å². The van der Waals surface area contributed by atoms with Gasteiger partial charge in [0, 0.05) is 29.2 Å². The van der Waals surface area contributed by atoms with E-state index in [4.69, 9.17) is 10.5 Å². The first-order valence-corrected chi connectivity index (χ1v) is 6.76. The molecule has 2 aliphatic rings. The lowest BCUT2D eigenvalue weighted by Gasteiger charge is -2.45. The van der Waals surface area contributed by atoms with Crippen LogP contribution in [0.5, 0.6) is 0 Å². The van der Waals surface area contributed by atoms with Crippen molar-refractivity contribution in [3.05, 3.63) is 28.5 Å². The van der Waals surface area contributed by atoms with E-state index in [9.17, 15) is 4.79 Å². The number of hydrogen-bond acceptors (Lipinski definition) is 4. The Kier molecular flexibility index (Phi) is 3.09. The molecule has 2 fully saturated rings. The first-order chi connectivity index (χ1) is 8.66. The van der Waals surface area contributed by atoms with Crippen LogP contribution in [0.25, 0.3) is 0 Å². The number of nitrogens with two attached hydrogens (primary N) is 1. The Morgan fingerprint density at radius 2 is 2.39 bits per heavy atom. The summed E-state index contributed by atoms with van der Waals surface area (Å²) in [6.45, 7) is 0.742. The van der Waals surface area contributed by atoms with E-state index >= 15 is 0 Å². The van der Waals surface area contributed by atoms with E-state index in [2.05, 4.69) is 26.2 Å². The molecule has 1 aliphatic heterocycles. The molecule has 96 valence electrons. The van der Waals surface area contributed by atoms with Gasteiger partial charge in [0.25, 0.3) is 5.91 Å². The monoisotopic (exact) mass is 311 g/mol. The molecule has 18 heavy (non-hydrogen) atoms. The smallest absolute Gasteiger partial charge is 0.270 e. The number of amides is 1. The highest BCUT2D eigenvalue weighted by atomic mass is 79.9. The molecule has 0 radical (unpaired) electrons. The molecule has 3 rings (SSSR count). The number of halogens is 1. The molecule has 1 saturated heterocycles. The third-order valence-electron chi connectivity index (χ3n) is 3.70. The van der Waals surface area contributed by atoms with Gasteiger partial charge in [0.05, 0.1) is 12.1 Å². The van der Waals surface area contributed by atoms with Crippen molar-refractivity contribution in [2.75, 3.05) is 6.61 Å². The Balaban J connectivity index is 1.66. The molecule has 3 N–H and O–H groups in total. The Hall–Kier alpha value is -0.980. The van der Waals surface area contributed by atoms with Gasteiger partial charge < -0.3 is 15.8 Å².